The van der Waals surface area contributed by atoms with Crippen molar-refractivity contribution in [3.8, 4) is 23.0 Å². The van der Waals surface area contributed by atoms with Crippen LogP contribution in [0.15, 0.2) is 65.8 Å². The second kappa shape index (κ2) is 11.9. The Morgan fingerprint density at radius 1 is 0.882 bits per heavy atom. The number of esters is 1. The van der Waals surface area contributed by atoms with Gasteiger partial charge in [-0.2, -0.15) is 5.10 Å². The SMILES string of the molecule is COc1ccccc1OCC(=O)N/N=C/c1ccc(OC(=O)c2ccc(Cl)c(Cl)c2)c(OC)c1. The molecular formula is C24H20Cl2N2O6. The van der Waals surface area contributed by atoms with Crippen molar-refractivity contribution in [3.63, 3.8) is 0 Å². The summed E-state index contributed by atoms with van der Waals surface area (Å²) in [4.78, 5) is 24.4. The van der Waals surface area contributed by atoms with E-state index < -0.39 is 11.9 Å². The maximum absolute atomic E-state index is 12.4. The minimum atomic E-state index is -0.624. The van der Waals surface area contributed by atoms with Gasteiger partial charge in [-0.25, -0.2) is 10.2 Å². The van der Waals surface area contributed by atoms with E-state index in [1.165, 1.54) is 38.6 Å². The first-order chi connectivity index (χ1) is 16.4. The second-order valence-corrected chi connectivity index (χ2v) is 7.48. The summed E-state index contributed by atoms with van der Waals surface area (Å²) in [6.45, 7) is -0.245. The molecule has 0 fully saturated rings. The molecule has 0 aliphatic heterocycles. The molecule has 1 amide bonds. The third-order valence-corrected chi connectivity index (χ3v) is 5.12. The molecule has 3 rings (SSSR count). The Labute approximate surface area is 206 Å². The molecule has 0 aliphatic carbocycles. The van der Waals surface area contributed by atoms with Gasteiger partial charge in [0.2, 0.25) is 0 Å². The number of halogens is 2. The average Bonchev–Trinajstić information content (AvgIpc) is 2.85. The lowest BCUT2D eigenvalue weighted by atomic mass is 10.2. The predicted molar refractivity (Wildman–Crippen MR) is 129 cm³/mol. The summed E-state index contributed by atoms with van der Waals surface area (Å²) in [6, 6.07) is 16.2. The van der Waals surface area contributed by atoms with E-state index >= 15 is 0 Å². The number of amides is 1. The van der Waals surface area contributed by atoms with Gasteiger partial charge < -0.3 is 18.9 Å². The van der Waals surface area contributed by atoms with E-state index in [0.29, 0.717) is 27.8 Å². The molecule has 34 heavy (non-hydrogen) atoms. The summed E-state index contributed by atoms with van der Waals surface area (Å²) in [5.74, 6) is 0.376. The van der Waals surface area contributed by atoms with Gasteiger partial charge in [-0.15, -0.1) is 0 Å². The molecule has 176 valence electrons. The number of benzene rings is 3. The van der Waals surface area contributed by atoms with Gasteiger partial charge >= 0.3 is 5.97 Å². The van der Waals surface area contributed by atoms with Gasteiger partial charge in [0.1, 0.15) is 0 Å². The highest BCUT2D eigenvalue weighted by Gasteiger charge is 2.14. The van der Waals surface area contributed by atoms with Crippen LogP contribution in [0.5, 0.6) is 23.0 Å². The zero-order chi connectivity index (χ0) is 24.5. The van der Waals surface area contributed by atoms with Crippen molar-refractivity contribution in [3.05, 3.63) is 81.8 Å². The highest BCUT2D eigenvalue weighted by molar-refractivity contribution is 6.42. The number of nitrogens with one attached hydrogen (secondary N) is 1. The lowest BCUT2D eigenvalue weighted by Crippen LogP contribution is -2.24. The van der Waals surface area contributed by atoms with E-state index in [9.17, 15) is 9.59 Å². The van der Waals surface area contributed by atoms with Gasteiger partial charge in [-0.05, 0) is 54.1 Å². The molecule has 0 aliphatic rings. The van der Waals surface area contributed by atoms with E-state index in [0.717, 1.165) is 0 Å². The van der Waals surface area contributed by atoms with Gasteiger partial charge in [-0.3, -0.25) is 4.79 Å². The number of ether oxygens (including phenoxy) is 4. The molecule has 0 spiro atoms. The maximum atomic E-state index is 12.4. The number of carbonyl (C=O) groups excluding carboxylic acids is 2. The molecule has 0 bridgehead atoms. The Kier molecular flexibility index (Phi) is 8.73. The molecule has 0 radical (unpaired) electrons. The van der Waals surface area contributed by atoms with Crippen LogP contribution in [0.1, 0.15) is 15.9 Å². The van der Waals surface area contributed by atoms with Crippen LogP contribution in [0.4, 0.5) is 0 Å². The minimum absolute atomic E-state index is 0.199. The minimum Gasteiger partial charge on any atom is -0.493 e. The van der Waals surface area contributed by atoms with Gasteiger partial charge in [0.25, 0.3) is 5.91 Å². The fourth-order valence-corrected chi connectivity index (χ4v) is 3.02. The van der Waals surface area contributed by atoms with Crippen LogP contribution in [0.25, 0.3) is 0 Å². The van der Waals surface area contributed by atoms with Gasteiger partial charge in [0.15, 0.2) is 29.6 Å². The largest absolute Gasteiger partial charge is 0.493 e. The molecule has 0 saturated carbocycles. The number of carbonyl (C=O) groups is 2. The number of methoxy groups -OCH3 is 2. The molecule has 8 nitrogen and oxygen atoms in total. The Hall–Kier alpha value is -3.75. The quantitative estimate of drug-likeness (QED) is 0.196. The van der Waals surface area contributed by atoms with Crippen molar-refractivity contribution in [1.29, 1.82) is 0 Å². The Morgan fingerprint density at radius 3 is 2.32 bits per heavy atom. The molecule has 1 N–H and O–H groups in total. The summed E-state index contributed by atoms with van der Waals surface area (Å²) in [7, 11) is 2.95. The molecule has 10 heteroatoms. The predicted octanol–water partition coefficient (Wildman–Crippen LogP) is 4.76. The van der Waals surface area contributed by atoms with Crippen molar-refractivity contribution in [1.82, 2.24) is 5.43 Å². The first-order valence-electron chi connectivity index (χ1n) is 9.84. The van der Waals surface area contributed by atoms with Crippen LogP contribution in [0.3, 0.4) is 0 Å². The first kappa shape index (κ1) is 24.9. The number of hydrogen-bond acceptors (Lipinski definition) is 7. The van der Waals surface area contributed by atoms with Crippen molar-refractivity contribution in [2.75, 3.05) is 20.8 Å². The molecule has 0 heterocycles. The van der Waals surface area contributed by atoms with Gasteiger partial charge in [-0.1, -0.05) is 35.3 Å². The van der Waals surface area contributed by atoms with E-state index in [1.807, 2.05) is 0 Å². The molecule has 3 aromatic carbocycles. The fourth-order valence-electron chi connectivity index (χ4n) is 2.72. The van der Waals surface area contributed by atoms with Crippen LogP contribution in [-0.4, -0.2) is 38.9 Å². The first-order valence-corrected chi connectivity index (χ1v) is 10.6. The van der Waals surface area contributed by atoms with Crippen molar-refractivity contribution in [2.24, 2.45) is 5.10 Å². The van der Waals surface area contributed by atoms with Crippen LogP contribution >= 0.6 is 23.2 Å². The van der Waals surface area contributed by atoms with E-state index in [4.69, 9.17) is 42.1 Å². The van der Waals surface area contributed by atoms with Crippen LogP contribution in [0, 0.1) is 0 Å². The number of para-hydroxylation sites is 2. The van der Waals surface area contributed by atoms with Crippen LogP contribution < -0.4 is 24.4 Å². The zero-order valence-electron chi connectivity index (χ0n) is 18.2. The van der Waals surface area contributed by atoms with Crippen molar-refractivity contribution < 1.29 is 28.5 Å². The van der Waals surface area contributed by atoms with Crippen molar-refractivity contribution >= 4 is 41.3 Å². The Bertz CT molecular complexity index is 1220. The lowest BCUT2D eigenvalue weighted by Gasteiger charge is -2.10. The molecule has 0 saturated heterocycles. The zero-order valence-corrected chi connectivity index (χ0v) is 19.7. The normalized spacial score (nSPS) is 10.6. The highest BCUT2D eigenvalue weighted by Crippen LogP contribution is 2.29. The van der Waals surface area contributed by atoms with Crippen molar-refractivity contribution in [2.45, 2.75) is 0 Å². The lowest BCUT2D eigenvalue weighted by molar-refractivity contribution is -0.123. The Morgan fingerprint density at radius 2 is 1.62 bits per heavy atom. The monoisotopic (exact) mass is 502 g/mol. The number of hydrazone groups is 1. The average molecular weight is 503 g/mol. The smallest absolute Gasteiger partial charge is 0.343 e. The molecule has 0 unspecified atom stereocenters. The maximum Gasteiger partial charge on any atom is 0.343 e. The van der Waals surface area contributed by atoms with Gasteiger partial charge in [0.05, 0.1) is 36.0 Å². The van der Waals surface area contributed by atoms with E-state index in [2.05, 4.69) is 10.5 Å². The van der Waals surface area contributed by atoms with Crippen LogP contribution in [0.2, 0.25) is 10.0 Å². The topological polar surface area (TPSA) is 95.5 Å². The molecule has 0 aromatic heterocycles. The summed E-state index contributed by atoms with van der Waals surface area (Å²) >= 11 is 11.8. The number of nitrogens with zero attached hydrogens (tertiary/aromatic N) is 1. The summed E-state index contributed by atoms with van der Waals surface area (Å²) in [6.07, 6.45) is 1.41. The fraction of sp³-hybridized carbons (Fsp3) is 0.125. The van der Waals surface area contributed by atoms with E-state index in [-0.39, 0.29) is 22.9 Å². The number of hydrogen-bond donors (Lipinski definition) is 1. The number of rotatable bonds is 9. The molecule has 0 atom stereocenters. The third-order valence-electron chi connectivity index (χ3n) is 4.38. The van der Waals surface area contributed by atoms with Crippen LogP contribution in [-0.2, 0) is 4.79 Å². The van der Waals surface area contributed by atoms with E-state index in [1.54, 1.807) is 42.5 Å². The highest BCUT2D eigenvalue weighted by atomic mass is 35.5. The van der Waals surface area contributed by atoms with Gasteiger partial charge in [0, 0.05) is 0 Å². The summed E-state index contributed by atoms with van der Waals surface area (Å²) < 4.78 is 21.3. The summed E-state index contributed by atoms with van der Waals surface area (Å²) in [5.41, 5.74) is 3.20. The third kappa shape index (κ3) is 6.63. The second-order valence-electron chi connectivity index (χ2n) is 6.66. The molecular weight excluding hydrogens is 483 g/mol. The standard InChI is InChI=1S/C24H20Cl2N2O6/c1-31-19-5-3-4-6-20(19)33-14-23(29)28-27-13-15-7-10-21(22(11-15)32-2)34-24(30)16-8-9-17(25)18(26)12-16/h3-13H,14H2,1-2H3,(H,28,29)/b27-13+. The molecule has 3 aromatic rings. The Balaban J connectivity index is 1.58. The summed E-state index contributed by atoms with van der Waals surface area (Å²) in [5, 5.41) is 4.47.